The van der Waals surface area contributed by atoms with Crippen LogP contribution in [-0.4, -0.2) is 39.0 Å². The van der Waals surface area contributed by atoms with Gasteiger partial charge in [0.2, 0.25) is 0 Å². The van der Waals surface area contributed by atoms with Gasteiger partial charge in [-0.15, -0.1) is 0 Å². The van der Waals surface area contributed by atoms with E-state index in [0.29, 0.717) is 41.8 Å². The largest absolute Gasteiger partial charge is 0.444 e. The van der Waals surface area contributed by atoms with Crippen molar-refractivity contribution in [3.8, 4) is 0 Å². The molecule has 0 bridgehead atoms. The van der Waals surface area contributed by atoms with E-state index in [0.717, 1.165) is 30.5 Å². The molecule has 0 saturated heterocycles. The van der Waals surface area contributed by atoms with E-state index in [1.54, 1.807) is 4.57 Å². The standard InChI is InChI=1S/C26H34ClN5O3/c1-17-22(27)20-15-21(31(25(34)32(20)30-17)16-18-9-6-5-7-10-18)23(19-11-12-19)28-13-8-14-29-24(33)35-26(2,3)4/h5-7,9-10,15,19,23,28H,8,11-14,16H2,1-4H3,(H,29,33). The Bertz CT molecular complexity index is 1240. The minimum Gasteiger partial charge on any atom is -0.444 e. The summed E-state index contributed by atoms with van der Waals surface area (Å²) in [6, 6.07) is 12.0. The summed E-state index contributed by atoms with van der Waals surface area (Å²) < 4.78 is 8.50. The Morgan fingerprint density at radius 2 is 1.94 bits per heavy atom. The van der Waals surface area contributed by atoms with E-state index in [4.69, 9.17) is 16.3 Å². The zero-order valence-corrected chi connectivity index (χ0v) is 21.6. The number of alkyl carbamates (subject to hydrolysis) is 1. The molecule has 1 unspecified atom stereocenters. The van der Waals surface area contributed by atoms with Gasteiger partial charge in [0.25, 0.3) is 0 Å². The predicted molar refractivity (Wildman–Crippen MR) is 137 cm³/mol. The number of nitrogens with zero attached hydrogens (tertiary/aromatic N) is 3. The van der Waals surface area contributed by atoms with Gasteiger partial charge in [-0.25, -0.2) is 9.59 Å². The van der Waals surface area contributed by atoms with Gasteiger partial charge in [-0.1, -0.05) is 41.9 Å². The van der Waals surface area contributed by atoms with Gasteiger partial charge in [0, 0.05) is 12.2 Å². The van der Waals surface area contributed by atoms with Gasteiger partial charge in [-0.2, -0.15) is 9.61 Å². The maximum absolute atomic E-state index is 13.5. The minimum atomic E-state index is -0.520. The molecule has 1 aliphatic carbocycles. The Morgan fingerprint density at radius 1 is 1.23 bits per heavy atom. The lowest BCUT2D eigenvalue weighted by atomic mass is 10.1. The van der Waals surface area contributed by atoms with Gasteiger partial charge in [0.1, 0.15) is 5.60 Å². The first-order valence-corrected chi connectivity index (χ1v) is 12.5. The van der Waals surface area contributed by atoms with Crippen molar-refractivity contribution in [2.75, 3.05) is 13.1 Å². The molecule has 2 N–H and O–H groups in total. The van der Waals surface area contributed by atoms with Crippen LogP contribution in [0.4, 0.5) is 4.79 Å². The van der Waals surface area contributed by atoms with E-state index >= 15 is 0 Å². The number of aromatic nitrogens is 3. The Kier molecular flexibility index (Phi) is 7.52. The number of halogens is 1. The van der Waals surface area contributed by atoms with Crippen LogP contribution in [0, 0.1) is 12.8 Å². The third-order valence-electron chi connectivity index (χ3n) is 6.01. The van der Waals surface area contributed by atoms with Crippen molar-refractivity contribution in [2.24, 2.45) is 5.92 Å². The average molecular weight is 500 g/mol. The summed E-state index contributed by atoms with van der Waals surface area (Å²) >= 11 is 6.51. The molecule has 1 saturated carbocycles. The number of nitrogens with one attached hydrogen (secondary N) is 2. The molecule has 8 nitrogen and oxygen atoms in total. The number of fused-ring (bicyclic) bond motifs is 1. The van der Waals surface area contributed by atoms with Crippen LogP contribution in [0.25, 0.3) is 5.52 Å². The second-order valence-corrected chi connectivity index (χ2v) is 10.5. The zero-order valence-electron chi connectivity index (χ0n) is 20.8. The average Bonchev–Trinajstić information content (AvgIpc) is 3.59. The zero-order chi connectivity index (χ0) is 25.2. The molecule has 2 heterocycles. The highest BCUT2D eigenvalue weighted by atomic mass is 35.5. The van der Waals surface area contributed by atoms with Crippen LogP contribution in [0.1, 0.15) is 63.0 Å². The summed E-state index contributed by atoms with van der Waals surface area (Å²) in [5, 5.41) is 11.3. The quantitative estimate of drug-likeness (QED) is 0.424. The fraction of sp³-hybridized carbons (Fsp3) is 0.500. The SMILES string of the molecule is Cc1nn2c(=O)n(Cc3ccccc3)c(C(NCCCNC(=O)OC(C)(C)C)C3CC3)cc2c1Cl. The van der Waals surface area contributed by atoms with Crippen LogP contribution >= 0.6 is 11.6 Å². The molecule has 3 aromatic rings. The minimum absolute atomic E-state index is 0.00390. The van der Waals surface area contributed by atoms with Crippen molar-refractivity contribution in [3.05, 3.63) is 68.9 Å². The number of carbonyl (C=O) groups excluding carboxylic acids is 1. The van der Waals surface area contributed by atoms with Crippen LogP contribution < -0.4 is 16.3 Å². The molecular formula is C26H34ClN5O3. The summed E-state index contributed by atoms with van der Waals surface area (Å²) in [5.41, 5.74) is 2.50. The third kappa shape index (κ3) is 6.24. The Balaban J connectivity index is 1.55. The number of rotatable bonds is 9. The highest BCUT2D eigenvalue weighted by Gasteiger charge is 2.34. The first-order chi connectivity index (χ1) is 16.6. The summed E-state index contributed by atoms with van der Waals surface area (Å²) in [6.07, 6.45) is 2.53. The normalized spacial score (nSPS) is 14.8. The van der Waals surface area contributed by atoms with Crippen LogP contribution in [-0.2, 0) is 11.3 Å². The van der Waals surface area contributed by atoms with E-state index in [9.17, 15) is 9.59 Å². The van der Waals surface area contributed by atoms with Crippen LogP contribution in [0.5, 0.6) is 0 Å². The second kappa shape index (κ2) is 10.4. The maximum Gasteiger partial charge on any atom is 0.407 e. The fourth-order valence-electron chi connectivity index (χ4n) is 4.21. The highest BCUT2D eigenvalue weighted by Crippen LogP contribution is 2.41. The molecular weight excluding hydrogens is 466 g/mol. The molecule has 1 fully saturated rings. The van der Waals surface area contributed by atoms with E-state index in [1.165, 1.54) is 4.52 Å². The molecule has 1 atom stereocenters. The summed E-state index contributed by atoms with van der Waals surface area (Å²) in [5.74, 6) is 0.445. The van der Waals surface area contributed by atoms with Gasteiger partial charge in [-0.05, 0) is 71.0 Å². The fourth-order valence-corrected chi connectivity index (χ4v) is 4.39. The van der Waals surface area contributed by atoms with Gasteiger partial charge < -0.3 is 15.4 Å². The maximum atomic E-state index is 13.5. The molecule has 1 amide bonds. The second-order valence-electron chi connectivity index (χ2n) is 10.2. The van der Waals surface area contributed by atoms with E-state index in [1.807, 2.05) is 64.1 Å². The van der Waals surface area contributed by atoms with Crippen LogP contribution in [0.15, 0.2) is 41.2 Å². The predicted octanol–water partition coefficient (Wildman–Crippen LogP) is 4.46. The number of amides is 1. The lowest BCUT2D eigenvalue weighted by Gasteiger charge is -2.24. The first kappa shape index (κ1) is 25.3. The van der Waals surface area contributed by atoms with E-state index in [2.05, 4.69) is 15.7 Å². The van der Waals surface area contributed by atoms with Crippen molar-refractivity contribution in [3.63, 3.8) is 0 Å². The summed E-state index contributed by atoms with van der Waals surface area (Å²) in [7, 11) is 0. The molecule has 35 heavy (non-hydrogen) atoms. The molecule has 9 heteroatoms. The lowest BCUT2D eigenvalue weighted by Crippen LogP contribution is -2.37. The molecule has 1 aromatic carbocycles. The van der Waals surface area contributed by atoms with E-state index in [-0.39, 0.29) is 11.7 Å². The molecule has 0 radical (unpaired) electrons. The van der Waals surface area contributed by atoms with Crippen molar-refractivity contribution in [1.29, 1.82) is 0 Å². The molecule has 1 aliphatic rings. The van der Waals surface area contributed by atoms with Gasteiger partial charge in [0.15, 0.2) is 0 Å². The Hall–Kier alpha value is -2.84. The van der Waals surface area contributed by atoms with E-state index < -0.39 is 11.7 Å². The monoisotopic (exact) mass is 499 g/mol. The molecule has 2 aromatic heterocycles. The topological polar surface area (TPSA) is 89.7 Å². The van der Waals surface area contributed by atoms with Crippen molar-refractivity contribution >= 4 is 23.2 Å². The Labute approximate surface area is 210 Å². The molecule has 0 spiro atoms. The number of hydrogen-bond donors (Lipinski definition) is 2. The number of benzene rings is 1. The summed E-state index contributed by atoms with van der Waals surface area (Å²) in [4.78, 5) is 25.4. The molecule has 0 aliphatic heterocycles. The molecule has 188 valence electrons. The van der Waals surface area contributed by atoms with Gasteiger partial charge in [0.05, 0.1) is 28.8 Å². The number of carbonyl (C=O) groups is 1. The number of aryl methyl sites for hydroxylation is 1. The highest BCUT2D eigenvalue weighted by molar-refractivity contribution is 6.34. The first-order valence-electron chi connectivity index (χ1n) is 12.2. The smallest absolute Gasteiger partial charge is 0.407 e. The third-order valence-corrected chi connectivity index (χ3v) is 6.48. The van der Waals surface area contributed by atoms with Gasteiger partial charge in [-0.3, -0.25) is 4.57 Å². The Morgan fingerprint density at radius 3 is 2.60 bits per heavy atom. The van der Waals surface area contributed by atoms with Crippen LogP contribution in [0.3, 0.4) is 0 Å². The lowest BCUT2D eigenvalue weighted by molar-refractivity contribution is 0.0527. The van der Waals surface area contributed by atoms with Gasteiger partial charge >= 0.3 is 11.8 Å². The van der Waals surface area contributed by atoms with Crippen LogP contribution in [0.2, 0.25) is 5.02 Å². The van der Waals surface area contributed by atoms with Crippen molar-refractivity contribution in [2.45, 2.75) is 65.1 Å². The summed E-state index contributed by atoms with van der Waals surface area (Å²) in [6.45, 7) is 8.98. The van der Waals surface area contributed by atoms with Crippen molar-refractivity contribution in [1.82, 2.24) is 24.8 Å². The van der Waals surface area contributed by atoms with Crippen molar-refractivity contribution < 1.29 is 9.53 Å². The molecule has 4 rings (SSSR count). The number of hydrogen-bond acceptors (Lipinski definition) is 5. The number of ether oxygens (including phenoxy) is 1.